The Labute approximate surface area is 144 Å². The van der Waals surface area contributed by atoms with Crippen molar-refractivity contribution < 1.29 is 19.4 Å². The van der Waals surface area contributed by atoms with E-state index >= 15 is 0 Å². The Morgan fingerprint density at radius 3 is 2.48 bits per heavy atom. The van der Waals surface area contributed by atoms with Crippen LogP contribution < -0.4 is 4.74 Å². The fourth-order valence-electron chi connectivity index (χ4n) is 2.18. The summed E-state index contributed by atoms with van der Waals surface area (Å²) in [4.78, 5) is 23.9. The van der Waals surface area contributed by atoms with Crippen LogP contribution in [0.3, 0.4) is 0 Å². The number of amides is 1. The van der Waals surface area contributed by atoms with Crippen molar-refractivity contribution in [3.63, 3.8) is 0 Å². The monoisotopic (exact) mass is 355 g/mol. The summed E-state index contributed by atoms with van der Waals surface area (Å²) in [7, 11) is 0. The minimum Gasteiger partial charge on any atom is -0.484 e. The van der Waals surface area contributed by atoms with Gasteiger partial charge in [0, 0.05) is 6.54 Å². The summed E-state index contributed by atoms with van der Waals surface area (Å²) in [6.45, 7) is 1.65. The fourth-order valence-corrected chi connectivity index (χ4v) is 5.07. The zero-order valence-corrected chi connectivity index (χ0v) is 14.7. The molecule has 23 heavy (non-hydrogen) atoms. The summed E-state index contributed by atoms with van der Waals surface area (Å²) in [5.74, 6) is 1.67. The second kappa shape index (κ2) is 9.08. The summed E-state index contributed by atoms with van der Waals surface area (Å²) in [5.41, 5.74) is 1.26. The van der Waals surface area contributed by atoms with Gasteiger partial charge in [-0.3, -0.25) is 9.59 Å². The highest BCUT2D eigenvalue weighted by Gasteiger charge is 2.17. The average molecular weight is 355 g/mol. The van der Waals surface area contributed by atoms with E-state index in [1.54, 1.807) is 6.92 Å². The Morgan fingerprint density at radius 2 is 1.91 bits per heavy atom. The van der Waals surface area contributed by atoms with Crippen molar-refractivity contribution >= 4 is 35.4 Å². The third kappa shape index (κ3) is 5.66. The van der Waals surface area contributed by atoms with Crippen LogP contribution in [0.4, 0.5) is 0 Å². The molecule has 1 amide bonds. The topological polar surface area (TPSA) is 66.8 Å². The van der Waals surface area contributed by atoms with Crippen LogP contribution in [0.2, 0.25) is 0 Å². The Morgan fingerprint density at radius 1 is 1.26 bits per heavy atom. The van der Waals surface area contributed by atoms with Gasteiger partial charge >= 0.3 is 5.97 Å². The normalized spacial score (nSPS) is 15.2. The van der Waals surface area contributed by atoms with Gasteiger partial charge in [-0.1, -0.05) is 12.1 Å². The second-order valence-electron chi connectivity index (χ2n) is 5.09. The molecule has 1 heterocycles. The molecule has 0 aromatic heterocycles. The maximum absolute atomic E-state index is 11.9. The van der Waals surface area contributed by atoms with Crippen LogP contribution >= 0.6 is 23.5 Å². The molecule has 0 atom stereocenters. The lowest BCUT2D eigenvalue weighted by Gasteiger charge is -2.21. The highest BCUT2D eigenvalue weighted by atomic mass is 32.2. The van der Waals surface area contributed by atoms with Crippen LogP contribution in [0.15, 0.2) is 24.3 Å². The first-order chi connectivity index (χ1) is 11.1. The molecule has 0 aliphatic carbocycles. The summed E-state index contributed by atoms with van der Waals surface area (Å²) in [6, 6.07) is 7.80. The predicted molar refractivity (Wildman–Crippen MR) is 94.1 cm³/mol. The molecular weight excluding hydrogens is 334 g/mol. The number of nitrogens with zero attached hydrogens (tertiary/aromatic N) is 1. The molecular formula is C16H21NO4S2. The van der Waals surface area contributed by atoms with E-state index in [0.717, 1.165) is 0 Å². The van der Waals surface area contributed by atoms with E-state index in [1.807, 2.05) is 47.8 Å². The van der Waals surface area contributed by atoms with E-state index < -0.39 is 5.97 Å². The number of carboxylic acid groups (broad SMARTS) is 1. The van der Waals surface area contributed by atoms with Crippen LogP contribution in [0.25, 0.3) is 0 Å². The molecule has 0 saturated carbocycles. The van der Waals surface area contributed by atoms with E-state index in [0.29, 0.717) is 16.9 Å². The van der Waals surface area contributed by atoms with Gasteiger partial charge in [-0.15, -0.1) is 23.5 Å². The molecule has 0 unspecified atom stereocenters. The van der Waals surface area contributed by atoms with Gasteiger partial charge in [0.15, 0.2) is 6.61 Å². The highest BCUT2D eigenvalue weighted by molar-refractivity contribution is 8.16. The number of aliphatic carboxylic acids is 1. The molecule has 1 aliphatic rings. The van der Waals surface area contributed by atoms with Crippen LogP contribution in [0, 0.1) is 0 Å². The number of ether oxygens (including phenoxy) is 1. The number of carboxylic acids is 1. The molecule has 0 spiro atoms. The third-order valence-corrected chi connectivity index (χ3v) is 6.42. The van der Waals surface area contributed by atoms with Crippen LogP contribution in [0.5, 0.6) is 5.75 Å². The smallest absolute Gasteiger partial charge is 0.323 e. The number of carbonyl (C=O) groups excluding carboxylic acids is 1. The Kier molecular flexibility index (Phi) is 7.11. The molecule has 5 nitrogen and oxygen atoms in total. The van der Waals surface area contributed by atoms with Crippen molar-refractivity contribution in [1.82, 2.24) is 4.90 Å². The first-order valence-electron chi connectivity index (χ1n) is 7.55. The number of hydrogen-bond donors (Lipinski definition) is 1. The number of likely N-dealkylation sites (N-methyl/N-ethyl adjacent to an activating group) is 1. The maximum atomic E-state index is 11.9. The van der Waals surface area contributed by atoms with Gasteiger partial charge in [0.25, 0.3) is 5.91 Å². The van der Waals surface area contributed by atoms with Gasteiger partial charge in [-0.05, 0) is 42.5 Å². The largest absolute Gasteiger partial charge is 0.484 e. The number of carbonyl (C=O) groups is 2. The predicted octanol–water partition coefficient (Wildman–Crippen LogP) is 2.87. The van der Waals surface area contributed by atoms with Crippen LogP contribution in [0.1, 0.15) is 23.5 Å². The molecule has 7 heteroatoms. The van der Waals surface area contributed by atoms with Gasteiger partial charge < -0.3 is 14.7 Å². The first kappa shape index (κ1) is 18.0. The van der Waals surface area contributed by atoms with Crippen molar-refractivity contribution in [2.45, 2.75) is 17.9 Å². The lowest BCUT2D eigenvalue weighted by molar-refractivity contribution is -0.145. The van der Waals surface area contributed by atoms with Gasteiger partial charge in [0.05, 0.1) is 4.58 Å². The minimum atomic E-state index is -1.02. The maximum Gasteiger partial charge on any atom is 0.323 e. The van der Waals surface area contributed by atoms with E-state index in [9.17, 15) is 9.59 Å². The standard InChI is InChI=1S/C16H21NO4S2/c1-2-17(10-15(19)20)14(18)11-21-13-6-4-12(5-7-13)16-22-8-3-9-23-16/h4-7,16H,2-3,8-11H2,1H3,(H,19,20). The van der Waals surface area contributed by atoms with Crippen molar-refractivity contribution in [3.8, 4) is 5.75 Å². The lowest BCUT2D eigenvalue weighted by Crippen LogP contribution is -2.38. The van der Waals surface area contributed by atoms with Gasteiger partial charge in [-0.2, -0.15) is 0 Å². The summed E-state index contributed by atoms with van der Waals surface area (Å²) in [5, 5.41) is 8.76. The van der Waals surface area contributed by atoms with E-state index in [-0.39, 0.29) is 19.1 Å². The van der Waals surface area contributed by atoms with Crippen molar-refractivity contribution in [1.29, 1.82) is 0 Å². The molecule has 126 valence electrons. The molecule has 2 rings (SSSR count). The van der Waals surface area contributed by atoms with E-state index in [2.05, 4.69) is 0 Å². The Balaban J connectivity index is 1.85. The van der Waals surface area contributed by atoms with E-state index in [1.165, 1.54) is 28.4 Å². The molecule has 1 aromatic carbocycles. The molecule has 1 aromatic rings. The number of hydrogen-bond acceptors (Lipinski definition) is 5. The van der Waals surface area contributed by atoms with Gasteiger partial charge in [-0.25, -0.2) is 0 Å². The Bertz CT molecular complexity index is 529. The number of thioether (sulfide) groups is 2. The molecule has 1 N–H and O–H groups in total. The fraction of sp³-hybridized carbons (Fsp3) is 0.500. The summed E-state index contributed by atoms with van der Waals surface area (Å²) in [6.07, 6.45) is 1.26. The Hall–Kier alpha value is -1.34. The van der Waals surface area contributed by atoms with Gasteiger partial charge in [0.2, 0.25) is 0 Å². The highest BCUT2D eigenvalue weighted by Crippen LogP contribution is 2.43. The quantitative estimate of drug-likeness (QED) is 0.811. The van der Waals surface area contributed by atoms with Crippen molar-refractivity contribution in [2.75, 3.05) is 31.2 Å². The molecule has 0 radical (unpaired) electrons. The number of rotatable bonds is 7. The van der Waals surface area contributed by atoms with Crippen molar-refractivity contribution in [2.24, 2.45) is 0 Å². The SMILES string of the molecule is CCN(CC(=O)O)C(=O)COc1ccc(C2SCCCS2)cc1. The summed E-state index contributed by atoms with van der Waals surface area (Å²) >= 11 is 3.92. The van der Waals surface area contributed by atoms with Crippen LogP contribution in [-0.4, -0.2) is 53.1 Å². The molecule has 1 aliphatic heterocycles. The van der Waals surface area contributed by atoms with E-state index in [4.69, 9.17) is 9.84 Å². The zero-order chi connectivity index (χ0) is 16.7. The van der Waals surface area contributed by atoms with Crippen molar-refractivity contribution in [3.05, 3.63) is 29.8 Å². The third-order valence-electron chi connectivity index (χ3n) is 3.40. The average Bonchev–Trinajstić information content (AvgIpc) is 2.58. The minimum absolute atomic E-state index is 0.145. The van der Waals surface area contributed by atoms with Gasteiger partial charge in [0.1, 0.15) is 12.3 Å². The molecule has 1 fully saturated rings. The second-order valence-corrected chi connectivity index (χ2v) is 7.81. The number of benzene rings is 1. The molecule has 0 bridgehead atoms. The first-order valence-corrected chi connectivity index (χ1v) is 9.65. The lowest BCUT2D eigenvalue weighted by atomic mass is 10.2. The molecule has 1 saturated heterocycles. The summed E-state index contributed by atoms with van der Waals surface area (Å²) < 4.78 is 5.95. The zero-order valence-electron chi connectivity index (χ0n) is 13.1. The van der Waals surface area contributed by atoms with Crippen LogP contribution in [-0.2, 0) is 9.59 Å².